The van der Waals surface area contributed by atoms with Crippen molar-refractivity contribution in [3.8, 4) is 0 Å². The van der Waals surface area contributed by atoms with Crippen LogP contribution in [0.15, 0.2) is 18.2 Å². The van der Waals surface area contributed by atoms with Gasteiger partial charge in [-0.25, -0.2) is 4.39 Å². The minimum Gasteiger partial charge on any atom is -0.396 e. The Morgan fingerprint density at radius 2 is 2.29 bits per heavy atom. The summed E-state index contributed by atoms with van der Waals surface area (Å²) in [6, 6.07) is 4.39. The Bertz CT molecular complexity index is 389. The van der Waals surface area contributed by atoms with Gasteiger partial charge < -0.3 is 9.84 Å². The molecular formula is C13H16ClFO2. The van der Waals surface area contributed by atoms with E-state index in [2.05, 4.69) is 0 Å². The van der Waals surface area contributed by atoms with Gasteiger partial charge in [0.25, 0.3) is 0 Å². The van der Waals surface area contributed by atoms with E-state index >= 15 is 0 Å². The highest BCUT2D eigenvalue weighted by Gasteiger charge is 2.33. The maximum absolute atomic E-state index is 12.9. The first-order valence-electron chi connectivity index (χ1n) is 5.78. The fraction of sp³-hybridized carbons (Fsp3) is 0.538. The number of hydrogen-bond donors (Lipinski definition) is 1. The summed E-state index contributed by atoms with van der Waals surface area (Å²) in [5, 5.41) is 9.97. The van der Waals surface area contributed by atoms with Gasteiger partial charge in [0.1, 0.15) is 5.82 Å². The summed E-state index contributed by atoms with van der Waals surface area (Å²) in [5.74, 6) is -0.336. The molecule has 1 fully saturated rings. The van der Waals surface area contributed by atoms with Gasteiger partial charge in [-0.1, -0.05) is 17.7 Å². The Morgan fingerprint density at radius 3 is 2.88 bits per heavy atom. The van der Waals surface area contributed by atoms with Crippen LogP contribution in [0.25, 0.3) is 0 Å². The molecule has 0 spiro atoms. The van der Waals surface area contributed by atoms with E-state index in [1.165, 1.54) is 12.1 Å². The molecule has 0 aliphatic carbocycles. The lowest BCUT2D eigenvalue weighted by Crippen LogP contribution is -2.37. The predicted octanol–water partition coefficient (Wildman–Crippen LogP) is 2.81. The molecule has 4 heteroatoms. The number of benzene rings is 1. The van der Waals surface area contributed by atoms with Crippen molar-refractivity contribution in [3.63, 3.8) is 0 Å². The second-order valence-electron chi connectivity index (χ2n) is 4.73. The number of hydrogen-bond acceptors (Lipinski definition) is 2. The van der Waals surface area contributed by atoms with Gasteiger partial charge >= 0.3 is 0 Å². The summed E-state index contributed by atoms with van der Waals surface area (Å²) in [4.78, 5) is 0. The highest BCUT2D eigenvalue weighted by Crippen LogP contribution is 2.34. The Balaban J connectivity index is 2.17. The Hall–Kier alpha value is -0.640. The molecule has 1 saturated heterocycles. The maximum atomic E-state index is 12.9. The van der Waals surface area contributed by atoms with E-state index in [4.69, 9.17) is 16.3 Å². The van der Waals surface area contributed by atoms with Crippen molar-refractivity contribution in [2.24, 2.45) is 5.41 Å². The van der Waals surface area contributed by atoms with Crippen LogP contribution < -0.4 is 0 Å². The second kappa shape index (κ2) is 5.34. The number of ether oxygens (including phenoxy) is 1. The van der Waals surface area contributed by atoms with Crippen LogP contribution in [0.3, 0.4) is 0 Å². The van der Waals surface area contributed by atoms with Gasteiger partial charge in [0, 0.05) is 17.0 Å². The van der Waals surface area contributed by atoms with E-state index in [1.54, 1.807) is 6.07 Å². The van der Waals surface area contributed by atoms with E-state index in [0.29, 0.717) is 18.1 Å². The minimum atomic E-state index is -0.336. The van der Waals surface area contributed by atoms with Gasteiger partial charge in [0.05, 0.1) is 13.2 Å². The maximum Gasteiger partial charge on any atom is 0.124 e. The zero-order chi connectivity index (χ0) is 12.3. The largest absolute Gasteiger partial charge is 0.396 e. The first kappa shape index (κ1) is 12.8. The lowest BCUT2D eigenvalue weighted by atomic mass is 9.78. The topological polar surface area (TPSA) is 29.5 Å². The third-order valence-corrected chi connectivity index (χ3v) is 3.67. The molecule has 94 valence electrons. The SMILES string of the molecule is OCC1(Cc2ccc(F)cc2Cl)CCCOC1. The molecule has 0 radical (unpaired) electrons. The van der Waals surface area contributed by atoms with Crippen molar-refractivity contribution in [3.05, 3.63) is 34.6 Å². The zero-order valence-electron chi connectivity index (χ0n) is 9.59. The molecule has 1 aliphatic rings. The Labute approximate surface area is 105 Å². The number of aliphatic hydroxyl groups excluding tert-OH is 1. The number of halogens is 2. The van der Waals surface area contributed by atoms with E-state index in [0.717, 1.165) is 25.0 Å². The average molecular weight is 259 g/mol. The smallest absolute Gasteiger partial charge is 0.124 e. The molecule has 1 aliphatic heterocycles. The third kappa shape index (κ3) is 2.97. The summed E-state index contributed by atoms with van der Waals surface area (Å²) < 4.78 is 18.4. The van der Waals surface area contributed by atoms with Crippen LogP contribution in [0.2, 0.25) is 5.02 Å². The Morgan fingerprint density at radius 1 is 1.47 bits per heavy atom. The quantitative estimate of drug-likeness (QED) is 0.903. The molecule has 1 N–H and O–H groups in total. The molecule has 2 nitrogen and oxygen atoms in total. The third-order valence-electron chi connectivity index (χ3n) is 3.32. The van der Waals surface area contributed by atoms with Crippen molar-refractivity contribution in [2.75, 3.05) is 19.8 Å². The fourth-order valence-electron chi connectivity index (χ4n) is 2.30. The molecule has 2 rings (SSSR count). The van der Waals surface area contributed by atoms with Gasteiger partial charge in [-0.3, -0.25) is 0 Å². The monoisotopic (exact) mass is 258 g/mol. The van der Waals surface area contributed by atoms with Crippen molar-refractivity contribution < 1.29 is 14.2 Å². The van der Waals surface area contributed by atoms with Crippen LogP contribution in [0.5, 0.6) is 0 Å². The molecule has 1 aromatic carbocycles. The fourth-order valence-corrected chi connectivity index (χ4v) is 2.53. The number of aliphatic hydroxyl groups is 1. The van der Waals surface area contributed by atoms with Crippen molar-refractivity contribution in [1.82, 2.24) is 0 Å². The van der Waals surface area contributed by atoms with Gasteiger partial charge in [0.2, 0.25) is 0 Å². The summed E-state index contributed by atoms with van der Waals surface area (Å²) in [5.41, 5.74) is 0.604. The molecule has 1 aromatic rings. The summed E-state index contributed by atoms with van der Waals surface area (Å²) in [6.45, 7) is 1.36. The minimum absolute atomic E-state index is 0.0701. The van der Waals surface area contributed by atoms with Gasteiger partial charge in [-0.05, 0) is 37.0 Å². The first-order valence-corrected chi connectivity index (χ1v) is 6.16. The van der Waals surface area contributed by atoms with Crippen molar-refractivity contribution in [2.45, 2.75) is 19.3 Å². The molecule has 17 heavy (non-hydrogen) atoms. The molecule has 1 heterocycles. The normalized spacial score (nSPS) is 24.9. The van der Waals surface area contributed by atoms with Gasteiger partial charge in [0.15, 0.2) is 0 Å². The standard InChI is InChI=1S/C13H16ClFO2/c14-12-6-11(15)3-2-10(12)7-13(8-16)4-1-5-17-9-13/h2-3,6,16H,1,4-5,7-9H2. The molecule has 1 unspecified atom stereocenters. The van der Waals surface area contributed by atoms with E-state index in [9.17, 15) is 9.50 Å². The highest BCUT2D eigenvalue weighted by atomic mass is 35.5. The van der Waals surface area contributed by atoms with Crippen molar-refractivity contribution in [1.29, 1.82) is 0 Å². The highest BCUT2D eigenvalue weighted by molar-refractivity contribution is 6.31. The van der Waals surface area contributed by atoms with Crippen LogP contribution in [-0.2, 0) is 11.2 Å². The van der Waals surface area contributed by atoms with E-state index in [1.807, 2.05) is 0 Å². The molecule has 0 bridgehead atoms. The molecule has 0 aromatic heterocycles. The summed E-state index contributed by atoms with van der Waals surface area (Å²) in [7, 11) is 0. The lowest BCUT2D eigenvalue weighted by Gasteiger charge is -2.35. The van der Waals surface area contributed by atoms with Crippen LogP contribution in [0, 0.1) is 11.2 Å². The summed E-state index contributed by atoms with van der Waals surface area (Å²) >= 11 is 6.01. The summed E-state index contributed by atoms with van der Waals surface area (Å²) in [6.07, 6.45) is 2.49. The second-order valence-corrected chi connectivity index (χ2v) is 5.13. The average Bonchev–Trinajstić information content (AvgIpc) is 2.34. The number of rotatable bonds is 3. The van der Waals surface area contributed by atoms with E-state index < -0.39 is 0 Å². The Kier molecular flexibility index (Phi) is 4.02. The molecule has 0 saturated carbocycles. The predicted molar refractivity (Wildman–Crippen MR) is 64.7 cm³/mol. The zero-order valence-corrected chi connectivity index (χ0v) is 10.3. The van der Waals surface area contributed by atoms with E-state index in [-0.39, 0.29) is 17.8 Å². The lowest BCUT2D eigenvalue weighted by molar-refractivity contribution is -0.0378. The van der Waals surface area contributed by atoms with Gasteiger partial charge in [-0.2, -0.15) is 0 Å². The van der Waals surface area contributed by atoms with Gasteiger partial charge in [-0.15, -0.1) is 0 Å². The van der Waals surface area contributed by atoms with Crippen LogP contribution in [0.1, 0.15) is 18.4 Å². The van der Waals surface area contributed by atoms with Crippen LogP contribution >= 0.6 is 11.6 Å². The first-order chi connectivity index (χ1) is 8.15. The van der Waals surface area contributed by atoms with Crippen LogP contribution in [-0.4, -0.2) is 24.9 Å². The van der Waals surface area contributed by atoms with Crippen LogP contribution in [0.4, 0.5) is 4.39 Å². The molecule has 1 atom stereocenters. The molecule has 0 amide bonds. The van der Waals surface area contributed by atoms with Crippen molar-refractivity contribution >= 4 is 11.6 Å². The molecular weight excluding hydrogens is 243 g/mol.